The predicted molar refractivity (Wildman–Crippen MR) is 117 cm³/mol. The minimum absolute atomic E-state index is 0.00332. The van der Waals surface area contributed by atoms with E-state index < -0.39 is 0 Å². The average Bonchev–Trinajstić information content (AvgIpc) is 3.11. The van der Waals surface area contributed by atoms with Crippen molar-refractivity contribution >= 4 is 29.2 Å². The summed E-state index contributed by atoms with van der Waals surface area (Å²) < 4.78 is 0. The van der Waals surface area contributed by atoms with Crippen LogP contribution in [0.2, 0.25) is 0 Å². The first-order valence-corrected chi connectivity index (χ1v) is 10.3. The molecule has 0 aliphatic carbocycles. The zero-order valence-electron chi connectivity index (χ0n) is 16.4. The minimum Gasteiger partial charge on any atom is -0.378 e. The van der Waals surface area contributed by atoms with Gasteiger partial charge in [0.25, 0.3) is 0 Å². The quantitative estimate of drug-likeness (QED) is 0.728. The molecule has 0 amide bonds. The number of rotatable bonds is 3. The van der Waals surface area contributed by atoms with Crippen molar-refractivity contribution in [2.45, 2.75) is 31.1 Å². The molecule has 0 spiro atoms. The number of fused-ring (bicyclic) bond motifs is 3. The minimum atomic E-state index is 0.00332. The van der Waals surface area contributed by atoms with E-state index in [-0.39, 0.29) is 10.3 Å². The van der Waals surface area contributed by atoms with Crippen molar-refractivity contribution < 1.29 is 0 Å². The van der Waals surface area contributed by atoms with Gasteiger partial charge in [-0.1, -0.05) is 49.8 Å². The number of thioether (sulfide) groups is 1. The fourth-order valence-electron chi connectivity index (χ4n) is 4.37. The Kier molecular flexibility index (Phi) is 4.11. The summed E-state index contributed by atoms with van der Waals surface area (Å²) in [6.45, 7) is 8.13. The Morgan fingerprint density at radius 2 is 1.81 bits per heavy atom. The van der Waals surface area contributed by atoms with E-state index in [1.54, 1.807) is 0 Å². The number of anilines is 2. The molecule has 0 bridgehead atoms. The zero-order valence-corrected chi connectivity index (χ0v) is 17.2. The van der Waals surface area contributed by atoms with Crippen LogP contribution in [0.3, 0.4) is 0 Å². The molecule has 2 aliphatic rings. The molecule has 0 saturated carbocycles. The van der Waals surface area contributed by atoms with E-state index in [1.807, 2.05) is 0 Å². The van der Waals surface area contributed by atoms with E-state index in [1.165, 1.54) is 33.8 Å². The maximum Gasteiger partial charge on any atom is 0.114 e. The maximum absolute atomic E-state index is 2.62. The average molecular weight is 365 g/mol. The lowest BCUT2D eigenvalue weighted by Crippen LogP contribution is -2.48. The third-order valence-electron chi connectivity index (χ3n) is 5.96. The molecular formula is C23H28N2S. The third kappa shape index (κ3) is 2.48. The van der Waals surface area contributed by atoms with Crippen molar-refractivity contribution in [2.75, 3.05) is 36.2 Å². The number of hydrogen-bond donors (Lipinski definition) is 0. The van der Waals surface area contributed by atoms with Gasteiger partial charge in [0.05, 0.1) is 0 Å². The summed E-state index contributed by atoms with van der Waals surface area (Å²) in [6, 6.07) is 15.8. The fourth-order valence-corrected chi connectivity index (χ4v) is 5.94. The molecule has 3 heteroatoms. The van der Waals surface area contributed by atoms with Gasteiger partial charge in [0.2, 0.25) is 0 Å². The van der Waals surface area contributed by atoms with E-state index in [0.29, 0.717) is 0 Å². The summed E-state index contributed by atoms with van der Waals surface area (Å²) in [5.74, 6) is 1.18. The first-order valence-electron chi connectivity index (χ1n) is 9.34. The molecule has 1 unspecified atom stereocenters. The second-order valence-electron chi connectivity index (χ2n) is 8.16. The molecular weight excluding hydrogens is 336 g/mol. The van der Waals surface area contributed by atoms with Crippen molar-refractivity contribution in [3.8, 4) is 0 Å². The first-order chi connectivity index (χ1) is 12.3. The molecule has 0 N–H and O–H groups in total. The zero-order chi connectivity index (χ0) is 18.5. The van der Waals surface area contributed by atoms with Gasteiger partial charge in [-0.25, -0.2) is 0 Å². The van der Waals surface area contributed by atoms with Crippen LogP contribution in [0.5, 0.6) is 0 Å². The predicted octanol–water partition coefficient (Wildman–Crippen LogP) is 5.32. The van der Waals surface area contributed by atoms with Crippen molar-refractivity contribution in [3.05, 3.63) is 65.2 Å². The summed E-state index contributed by atoms with van der Waals surface area (Å²) in [6.07, 6.45) is 4.76. The highest BCUT2D eigenvalue weighted by atomic mass is 32.2. The topological polar surface area (TPSA) is 6.48 Å². The molecule has 26 heavy (non-hydrogen) atoms. The smallest absolute Gasteiger partial charge is 0.114 e. The molecule has 2 aromatic carbocycles. The fraction of sp³-hybridized carbons (Fsp3) is 0.391. The van der Waals surface area contributed by atoms with Gasteiger partial charge in [-0.05, 0) is 42.3 Å². The molecule has 1 atom stereocenters. The van der Waals surface area contributed by atoms with Crippen molar-refractivity contribution in [2.24, 2.45) is 0 Å². The Labute approximate surface area is 161 Å². The van der Waals surface area contributed by atoms with Gasteiger partial charge in [0.1, 0.15) is 4.87 Å². The van der Waals surface area contributed by atoms with Crippen molar-refractivity contribution in [3.63, 3.8) is 0 Å². The van der Waals surface area contributed by atoms with E-state index in [4.69, 9.17) is 0 Å². The molecule has 4 rings (SSSR count). The molecule has 2 aliphatic heterocycles. The maximum atomic E-state index is 2.62. The van der Waals surface area contributed by atoms with E-state index in [0.717, 1.165) is 6.54 Å². The Morgan fingerprint density at radius 3 is 2.50 bits per heavy atom. The van der Waals surface area contributed by atoms with Crippen LogP contribution in [0, 0.1) is 6.92 Å². The molecule has 2 nitrogen and oxygen atoms in total. The lowest BCUT2D eigenvalue weighted by Gasteiger charge is -2.40. The van der Waals surface area contributed by atoms with Gasteiger partial charge in [-0.2, -0.15) is 0 Å². The number of hydrogen-bond acceptors (Lipinski definition) is 3. The molecule has 136 valence electrons. The first kappa shape index (κ1) is 17.5. The van der Waals surface area contributed by atoms with E-state index >= 15 is 0 Å². The summed E-state index contributed by atoms with van der Waals surface area (Å²) in [7, 11) is 4.16. The van der Waals surface area contributed by atoms with Gasteiger partial charge < -0.3 is 9.80 Å². The van der Waals surface area contributed by atoms with Crippen LogP contribution in [0.15, 0.2) is 48.5 Å². The normalized spacial score (nSPS) is 23.3. The largest absolute Gasteiger partial charge is 0.378 e. The molecule has 0 aromatic heterocycles. The summed E-state index contributed by atoms with van der Waals surface area (Å²) in [5, 5.41) is 0. The van der Waals surface area contributed by atoms with Gasteiger partial charge in [0.15, 0.2) is 0 Å². The lowest BCUT2D eigenvalue weighted by atomic mass is 9.79. The molecule has 0 radical (unpaired) electrons. The highest BCUT2D eigenvalue weighted by Crippen LogP contribution is 2.60. The van der Waals surface area contributed by atoms with Crippen LogP contribution < -0.4 is 9.80 Å². The van der Waals surface area contributed by atoms with Crippen LogP contribution in [0.25, 0.3) is 6.08 Å². The Morgan fingerprint density at radius 1 is 1.08 bits per heavy atom. The molecule has 1 fully saturated rings. The Balaban J connectivity index is 1.73. The Hall–Kier alpha value is -1.87. The SMILES string of the molecule is Cc1ccc2c(c1)C(C)(C)C1(/C=C/c3ccc(N(C)C)cc3)SCCN21. The summed E-state index contributed by atoms with van der Waals surface area (Å²) >= 11 is 2.09. The summed E-state index contributed by atoms with van der Waals surface area (Å²) in [4.78, 5) is 4.76. The van der Waals surface area contributed by atoms with Gasteiger partial charge in [-0.3, -0.25) is 0 Å². The summed E-state index contributed by atoms with van der Waals surface area (Å²) in [5.41, 5.74) is 6.83. The molecule has 1 saturated heterocycles. The van der Waals surface area contributed by atoms with Crippen LogP contribution in [0.4, 0.5) is 11.4 Å². The molecule has 2 aromatic rings. The lowest BCUT2D eigenvalue weighted by molar-refractivity contribution is 0.454. The Bertz CT molecular complexity index is 851. The van der Waals surface area contributed by atoms with Gasteiger partial charge >= 0.3 is 0 Å². The second-order valence-corrected chi connectivity index (χ2v) is 9.48. The van der Waals surface area contributed by atoms with Crippen molar-refractivity contribution in [1.29, 1.82) is 0 Å². The van der Waals surface area contributed by atoms with Crippen LogP contribution in [0.1, 0.15) is 30.5 Å². The monoisotopic (exact) mass is 364 g/mol. The highest BCUT2D eigenvalue weighted by molar-refractivity contribution is 8.01. The molecule has 2 heterocycles. The second kappa shape index (κ2) is 6.09. The van der Waals surface area contributed by atoms with Crippen LogP contribution >= 0.6 is 11.8 Å². The number of aryl methyl sites for hydroxylation is 1. The third-order valence-corrected chi connectivity index (χ3v) is 7.65. The highest BCUT2D eigenvalue weighted by Gasteiger charge is 2.58. The van der Waals surface area contributed by atoms with Gasteiger partial charge in [0, 0.05) is 43.2 Å². The van der Waals surface area contributed by atoms with Crippen LogP contribution in [-0.4, -0.2) is 31.3 Å². The number of benzene rings is 2. The number of nitrogens with zero attached hydrogens (tertiary/aromatic N) is 2. The van der Waals surface area contributed by atoms with E-state index in [2.05, 4.69) is 111 Å². The van der Waals surface area contributed by atoms with E-state index in [9.17, 15) is 0 Å². The van der Waals surface area contributed by atoms with Gasteiger partial charge in [-0.15, -0.1) is 11.8 Å². The van der Waals surface area contributed by atoms with Crippen molar-refractivity contribution in [1.82, 2.24) is 0 Å². The van der Waals surface area contributed by atoms with Crippen LogP contribution in [-0.2, 0) is 5.41 Å². The standard InChI is InChI=1S/C23H28N2S/c1-17-6-11-21-20(16-17)22(2,3)23(25(21)14-15-26-23)13-12-18-7-9-19(10-8-18)24(4)5/h6-13,16H,14-15H2,1-5H3/b13-12+.